The number of hydrogen-bond donors (Lipinski definition) is 1. The lowest BCUT2D eigenvalue weighted by molar-refractivity contribution is 0.00782. The number of carbonyl (C=O) groups excluding carboxylic acids is 2. The number of amides is 2. The molecule has 0 aliphatic carbocycles. The van der Waals surface area contributed by atoms with Gasteiger partial charge in [-0.2, -0.15) is 0 Å². The molecule has 0 unspecified atom stereocenters. The minimum absolute atomic E-state index is 0.0365. The zero-order chi connectivity index (χ0) is 27.6. The van der Waals surface area contributed by atoms with Gasteiger partial charge in [0.1, 0.15) is 17.7 Å². The van der Waals surface area contributed by atoms with E-state index < -0.39 is 23.6 Å². The van der Waals surface area contributed by atoms with Crippen molar-refractivity contribution in [2.45, 2.75) is 39.3 Å². The molecule has 1 N–H and O–H groups in total. The monoisotopic (exact) mass is 545 g/mol. The molecule has 1 fully saturated rings. The van der Waals surface area contributed by atoms with Crippen molar-refractivity contribution in [3.8, 4) is 11.5 Å². The quantitative estimate of drug-likeness (QED) is 0.450. The van der Waals surface area contributed by atoms with Crippen LogP contribution in [0.4, 0.5) is 25.5 Å². The minimum atomic E-state index is -0.624. The molecule has 1 aromatic heterocycles. The van der Waals surface area contributed by atoms with E-state index in [0.717, 1.165) is 0 Å². The van der Waals surface area contributed by atoms with E-state index in [1.807, 2.05) is 6.92 Å². The van der Waals surface area contributed by atoms with Gasteiger partial charge in [0.2, 0.25) is 0 Å². The Balaban J connectivity index is 1.55. The molecule has 0 bridgehead atoms. The van der Waals surface area contributed by atoms with Gasteiger partial charge in [-0.15, -0.1) is 0 Å². The molecule has 10 nitrogen and oxygen atoms in total. The minimum Gasteiger partial charge on any atom is -0.493 e. The number of anilines is 2. The Hall–Kier alpha value is -3.86. The molecule has 1 saturated heterocycles. The maximum atomic E-state index is 14.5. The average molecular weight is 546 g/mol. The van der Waals surface area contributed by atoms with Gasteiger partial charge in [0.25, 0.3) is 0 Å². The van der Waals surface area contributed by atoms with E-state index in [0.29, 0.717) is 24.0 Å². The van der Waals surface area contributed by atoms with E-state index in [1.54, 1.807) is 43.9 Å². The zero-order valence-corrected chi connectivity index (χ0v) is 22.5. The Labute approximate surface area is 224 Å². The lowest BCUT2D eigenvalue weighted by Crippen LogP contribution is -2.56. The Morgan fingerprint density at radius 3 is 2.58 bits per heavy atom. The molecule has 12 heteroatoms. The number of rotatable bonds is 4. The fraction of sp³-hybridized carbons (Fsp3) is 0.385. The van der Waals surface area contributed by atoms with Crippen LogP contribution >= 0.6 is 11.6 Å². The Kier molecular flexibility index (Phi) is 7.77. The SMILES string of the molecule is COc1cc2ncnc(Nc3cccc(Cl)c3F)c2cc1OC(=O)N1CCN(C(=O)OC(C)(C)C)C[C@H]1C. The predicted octanol–water partition coefficient (Wildman–Crippen LogP) is 5.61. The molecule has 0 spiro atoms. The fourth-order valence-electron chi connectivity index (χ4n) is 4.00. The van der Waals surface area contributed by atoms with Crippen molar-refractivity contribution >= 4 is 46.2 Å². The van der Waals surface area contributed by atoms with Crippen LogP contribution in [0, 0.1) is 5.82 Å². The number of nitrogens with zero attached hydrogens (tertiary/aromatic N) is 4. The largest absolute Gasteiger partial charge is 0.493 e. The summed E-state index contributed by atoms with van der Waals surface area (Å²) in [5.74, 6) is 0.0803. The van der Waals surface area contributed by atoms with Crippen LogP contribution in [0.15, 0.2) is 36.7 Å². The van der Waals surface area contributed by atoms with E-state index in [1.165, 1.54) is 30.5 Å². The number of aromatic nitrogens is 2. The lowest BCUT2D eigenvalue weighted by Gasteiger charge is -2.39. The number of halogens is 2. The third-order valence-electron chi connectivity index (χ3n) is 5.84. The molecular weight excluding hydrogens is 517 g/mol. The maximum Gasteiger partial charge on any atom is 0.415 e. The summed E-state index contributed by atoms with van der Waals surface area (Å²) in [7, 11) is 1.45. The van der Waals surface area contributed by atoms with Gasteiger partial charge >= 0.3 is 12.2 Å². The van der Waals surface area contributed by atoms with Crippen LogP contribution in [0.25, 0.3) is 10.9 Å². The van der Waals surface area contributed by atoms with Crippen LogP contribution in [-0.4, -0.2) is 70.3 Å². The number of nitrogens with one attached hydrogen (secondary N) is 1. The van der Waals surface area contributed by atoms with Crippen molar-refractivity contribution in [2.24, 2.45) is 0 Å². The summed E-state index contributed by atoms with van der Waals surface area (Å²) < 4.78 is 31.1. The number of hydrogen-bond acceptors (Lipinski definition) is 8. The van der Waals surface area contributed by atoms with Gasteiger partial charge in [-0.1, -0.05) is 17.7 Å². The number of fused-ring (bicyclic) bond motifs is 1. The van der Waals surface area contributed by atoms with Gasteiger partial charge in [-0.05, 0) is 45.9 Å². The highest BCUT2D eigenvalue weighted by atomic mass is 35.5. The molecule has 4 rings (SSSR count). The first-order valence-corrected chi connectivity index (χ1v) is 12.3. The molecule has 0 saturated carbocycles. The van der Waals surface area contributed by atoms with Crippen LogP contribution in [-0.2, 0) is 4.74 Å². The van der Waals surface area contributed by atoms with Crippen LogP contribution in [0.5, 0.6) is 11.5 Å². The standard InChI is InChI=1S/C26H29ClFN5O5/c1-15-13-32(24(34)38-26(2,3)4)9-10-33(15)25(35)37-21-11-16-19(12-20(21)36-5)29-14-30-23(16)31-18-8-6-7-17(27)22(18)28/h6-8,11-12,14-15H,9-10,13H2,1-5H3,(H,29,30,31)/t15-/m1/s1. The Bertz CT molecular complexity index is 1370. The first-order valence-electron chi connectivity index (χ1n) is 12.0. The van der Waals surface area contributed by atoms with E-state index in [4.69, 9.17) is 25.8 Å². The molecule has 2 amide bonds. The smallest absolute Gasteiger partial charge is 0.415 e. The lowest BCUT2D eigenvalue weighted by atomic mass is 10.2. The number of carbonyl (C=O) groups is 2. The summed E-state index contributed by atoms with van der Waals surface area (Å²) in [5, 5.41) is 3.36. The molecule has 3 aromatic rings. The summed E-state index contributed by atoms with van der Waals surface area (Å²) in [4.78, 5) is 37.2. The highest BCUT2D eigenvalue weighted by Gasteiger charge is 2.33. The molecule has 38 heavy (non-hydrogen) atoms. The number of ether oxygens (including phenoxy) is 3. The van der Waals surface area contributed by atoms with E-state index in [-0.39, 0.29) is 40.6 Å². The average Bonchev–Trinajstić information content (AvgIpc) is 2.85. The van der Waals surface area contributed by atoms with E-state index in [2.05, 4.69) is 15.3 Å². The predicted molar refractivity (Wildman–Crippen MR) is 141 cm³/mol. The van der Waals surface area contributed by atoms with Gasteiger partial charge in [-0.25, -0.2) is 23.9 Å². The molecule has 1 aliphatic heterocycles. The second kappa shape index (κ2) is 10.9. The number of benzene rings is 2. The zero-order valence-electron chi connectivity index (χ0n) is 21.7. The Morgan fingerprint density at radius 1 is 1.13 bits per heavy atom. The van der Waals surface area contributed by atoms with Gasteiger partial charge < -0.3 is 29.3 Å². The highest BCUT2D eigenvalue weighted by Crippen LogP contribution is 2.36. The van der Waals surface area contributed by atoms with Crippen molar-refractivity contribution in [2.75, 3.05) is 32.1 Å². The number of piperazine rings is 1. The third kappa shape index (κ3) is 5.99. The normalized spacial score (nSPS) is 15.8. The summed E-state index contributed by atoms with van der Waals surface area (Å²) in [6.07, 6.45) is 0.292. The highest BCUT2D eigenvalue weighted by molar-refractivity contribution is 6.31. The summed E-state index contributed by atoms with van der Waals surface area (Å²) in [6, 6.07) is 7.41. The van der Waals surface area contributed by atoms with Crippen LogP contribution in [0.1, 0.15) is 27.7 Å². The van der Waals surface area contributed by atoms with Crippen LogP contribution < -0.4 is 14.8 Å². The van der Waals surface area contributed by atoms with Crippen molar-refractivity contribution < 1.29 is 28.2 Å². The van der Waals surface area contributed by atoms with E-state index >= 15 is 0 Å². The summed E-state index contributed by atoms with van der Waals surface area (Å²) >= 11 is 5.91. The first-order chi connectivity index (χ1) is 18.0. The third-order valence-corrected chi connectivity index (χ3v) is 6.13. The summed E-state index contributed by atoms with van der Waals surface area (Å²) in [5.41, 5.74) is 0.00314. The van der Waals surface area contributed by atoms with Crippen LogP contribution in [0.2, 0.25) is 5.02 Å². The molecule has 2 aromatic carbocycles. The molecule has 2 heterocycles. The van der Waals surface area contributed by atoms with Crippen molar-refractivity contribution in [1.29, 1.82) is 0 Å². The van der Waals surface area contributed by atoms with Crippen LogP contribution in [0.3, 0.4) is 0 Å². The molecule has 1 atom stereocenters. The van der Waals surface area contributed by atoms with Gasteiger partial charge in [0, 0.05) is 31.1 Å². The number of methoxy groups -OCH3 is 1. The summed E-state index contributed by atoms with van der Waals surface area (Å²) in [6.45, 7) is 8.09. The second-order valence-electron chi connectivity index (χ2n) is 9.81. The van der Waals surface area contributed by atoms with Crippen molar-refractivity contribution in [3.05, 3.63) is 47.5 Å². The maximum absolute atomic E-state index is 14.5. The topological polar surface area (TPSA) is 106 Å². The molecule has 1 aliphatic rings. The molecular formula is C26H29ClFN5O5. The van der Waals surface area contributed by atoms with Crippen molar-refractivity contribution in [3.63, 3.8) is 0 Å². The molecule has 0 radical (unpaired) electrons. The fourth-order valence-corrected chi connectivity index (χ4v) is 4.18. The van der Waals surface area contributed by atoms with Gasteiger partial charge in [0.05, 0.1) is 29.4 Å². The van der Waals surface area contributed by atoms with Crippen molar-refractivity contribution in [1.82, 2.24) is 19.8 Å². The van der Waals surface area contributed by atoms with Gasteiger partial charge in [0.15, 0.2) is 17.3 Å². The Morgan fingerprint density at radius 2 is 1.89 bits per heavy atom. The van der Waals surface area contributed by atoms with Gasteiger partial charge in [-0.3, -0.25) is 0 Å². The van der Waals surface area contributed by atoms with E-state index in [9.17, 15) is 14.0 Å². The second-order valence-corrected chi connectivity index (χ2v) is 10.2. The molecule has 202 valence electrons. The first kappa shape index (κ1) is 27.2.